The summed E-state index contributed by atoms with van der Waals surface area (Å²) in [6.07, 6.45) is 0. The van der Waals surface area contributed by atoms with Gasteiger partial charge < -0.3 is 0 Å². The average molecular weight is 307 g/mol. The molecule has 0 spiro atoms. The molecule has 0 atom stereocenters. The normalized spacial score (nSPS) is 13.2. The Kier molecular flexibility index (Phi) is 4.19. The Morgan fingerprint density at radius 2 is 1.05 bits per heavy atom. The van der Waals surface area contributed by atoms with Gasteiger partial charge in [0.15, 0.2) is 0 Å². The lowest BCUT2D eigenvalue weighted by Crippen LogP contribution is -2.07. The second-order valence-corrected chi connectivity index (χ2v) is 9.86. The third kappa shape index (κ3) is 3.35. The van der Waals surface area contributed by atoms with Crippen molar-refractivity contribution in [2.75, 3.05) is 0 Å². The van der Waals surface area contributed by atoms with Gasteiger partial charge in [-0.2, -0.15) is 0 Å². The third-order valence-corrected chi connectivity index (χ3v) is 6.97. The van der Waals surface area contributed by atoms with Crippen molar-refractivity contribution in [2.24, 2.45) is 0 Å². The van der Waals surface area contributed by atoms with Crippen molar-refractivity contribution in [3.05, 3.63) is 43.8 Å². The summed E-state index contributed by atoms with van der Waals surface area (Å²) in [7, 11) is 0. The van der Waals surface area contributed by atoms with Crippen LogP contribution in [0.3, 0.4) is 0 Å². The predicted octanol–water partition coefficient (Wildman–Crippen LogP) is 6.56. The van der Waals surface area contributed by atoms with Crippen molar-refractivity contribution in [1.29, 1.82) is 0 Å². The minimum absolute atomic E-state index is 0.259. The van der Waals surface area contributed by atoms with Crippen LogP contribution in [0.4, 0.5) is 0 Å². The molecule has 2 heterocycles. The molecule has 0 aliphatic rings. The largest absolute Gasteiger partial charge is 0.144 e. The standard InChI is InChI=1S/C18H26S2/c1-12(13-8-10-15(19-13)17(2,3)4)14-9-11-16(20-14)18(5,6)7/h8-12H,1-7H3. The quantitative estimate of drug-likeness (QED) is 0.589. The number of thiophene rings is 2. The zero-order valence-electron chi connectivity index (χ0n) is 13.7. The van der Waals surface area contributed by atoms with Crippen LogP contribution in [-0.4, -0.2) is 0 Å². The van der Waals surface area contributed by atoms with Crippen LogP contribution in [0.2, 0.25) is 0 Å². The van der Waals surface area contributed by atoms with Gasteiger partial charge in [-0.25, -0.2) is 0 Å². The topological polar surface area (TPSA) is 0 Å². The average Bonchev–Trinajstić information content (AvgIpc) is 2.96. The van der Waals surface area contributed by atoms with E-state index in [-0.39, 0.29) is 10.8 Å². The molecule has 2 aromatic rings. The van der Waals surface area contributed by atoms with E-state index >= 15 is 0 Å². The molecular formula is C18H26S2. The first-order chi connectivity index (χ1) is 9.09. The summed E-state index contributed by atoms with van der Waals surface area (Å²) in [5.74, 6) is 0.511. The zero-order valence-corrected chi connectivity index (χ0v) is 15.3. The van der Waals surface area contributed by atoms with Crippen molar-refractivity contribution < 1.29 is 0 Å². The molecule has 2 heteroatoms. The van der Waals surface area contributed by atoms with Gasteiger partial charge in [0.2, 0.25) is 0 Å². The van der Waals surface area contributed by atoms with Crippen molar-refractivity contribution in [3.8, 4) is 0 Å². The molecule has 110 valence electrons. The van der Waals surface area contributed by atoms with Crippen molar-refractivity contribution in [2.45, 2.75) is 65.2 Å². The molecule has 0 aliphatic heterocycles. The Balaban J connectivity index is 2.25. The van der Waals surface area contributed by atoms with Gasteiger partial charge in [0.1, 0.15) is 0 Å². The summed E-state index contributed by atoms with van der Waals surface area (Å²) in [4.78, 5) is 5.92. The van der Waals surface area contributed by atoms with Crippen LogP contribution in [-0.2, 0) is 10.8 Å². The fourth-order valence-corrected chi connectivity index (χ4v) is 4.46. The van der Waals surface area contributed by atoms with Crippen LogP contribution in [0.5, 0.6) is 0 Å². The molecule has 0 unspecified atom stereocenters. The first-order valence-electron chi connectivity index (χ1n) is 7.29. The fourth-order valence-electron chi connectivity index (χ4n) is 2.12. The maximum absolute atomic E-state index is 2.33. The van der Waals surface area contributed by atoms with Gasteiger partial charge in [-0.05, 0) is 35.1 Å². The van der Waals surface area contributed by atoms with Gasteiger partial charge in [-0.1, -0.05) is 48.5 Å². The Morgan fingerprint density at radius 1 is 0.700 bits per heavy atom. The van der Waals surface area contributed by atoms with Gasteiger partial charge >= 0.3 is 0 Å². The van der Waals surface area contributed by atoms with Crippen LogP contribution in [0, 0.1) is 0 Å². The lowest BCUT2D eigenvalue weighted by molar-refractivity contribution is 0.603. The molecule has 20 heavy (non-hydrogen) atoms. The van der Waals surface area contributed by atoms with Gasteiger partial charge in [0, 0.05) is 25.4 Å². The highest BCUT2D eigenvalue weighted by Gasteiger charge is 2.21. The molecule has 0 aromatic carbocycles. The Morgan fingerprint density at radius 3 is 1.30 bits per heavy atom. The zero-order chi connectivity index (χ0) is 15.1. The van der Waals surface area contributed by atoms with Crippen LogP contribution < -0.4 is 0 Å². The lowest BCUT2D eigenvalue weighted by Gasteiger charge is -2.16. The first-order valence-corrected chi connectivity index (χ1v) is 8.93. The van der Waals surface area contributed by atoms with E-state index in [9.17, 15) is 0 Å². The molecule has 0 radical (unpaired) electrons. The molecule has 0 N–H and O–H groups in total. The van der Waals surface area contributed by atoms with Gasteiger partial charge in [0.25, 0.3) is 0 Å². The van der Waals surface area contributed by atoms with E-state index in [2.05, 4.69) is 72.7 Å². The van der Waals surface area contributed by atoms with Gasteiger partial charge in [-0.3, -0.25) is 0 Å². The molecule has 2 aromatic heterocycles. The van der Waals surface area contributed by atoms with E-state index in [0.717, 1.165) is 0 Å². The Hall–Kier alpha value is -0.600. The SMILES string of the molecule is CC(c1ccc(C(C)(C)C)s1)c1ccc(C(C)(C)C)s1. The lowest BCUT2D eigenvalue weighted by atomic mass is 9.94. The van der Waals surface area contributed by atoms with Crippen molar-refractivity contribution in [1.82, 2.24) is 0 Å². The molecule has 0 bridgehead atoms. The van der Waals surface area contributed by atoms with Crippen molar-refractivity contribution >= 4 is 22.7 Å². The fraction of sp³-hybridized carbons (Fsp3) is 0.556. The molecule has 0 amide bonds. The van der Waals surface area contributed by atoms with E-state index in [1.165, 1.54) is 19.5 Å². The predicted molar refractivity (Wildman–Crippen MR) is 93.6 cm³/mol. The molecule has 0 fully saturated rings. The molecule has 0 saturated heterocycles. The van der Waals surface area contributed by atoms with E-state index in [1.807, 2.05) is 22.7 Å². The van der Waals surface area contributed by atoms with Crippen LogP contribution in [0.1, 0.15) is 73.9 Å². The molecule has 2 rings (SSSR count). The third-order valence-electron chi connectivity index (χ3n) is 3.59. The van der Waals surface area contributed by atoms with E-state index < -0.39 is 0 Å². The minimum atomic E-state index is 0.259. The highest BCUT2D eigenvalue weighted by atomic mass is 32.1. The summed E-state index contributed by atoms with van der Waals surface area (Å²) >= 11 is 3.93. The number of hydrogen-bond acceptors (Lipinski definition) is 2. The Labute approximate surface area is 131 Å². The van der Waals surface area contributed by atoms with Crippen LogP contribution >= 0.6 is 22.7 Å². The van der Waals surface area contributed by atoms with Gasteiger partial charge in [0.05, 0.1) is 0 Å². The monoisotopic (exact) mass is 306 g/mol. The molecule has 0 aliphatic carbocycles. The number of hydrogen-bond donors (Lipinski definition) is 0. The van der Waals surface area contributed by atoms with Crippen LogP contribution in [0.25, 0.3) is 0 Å². The van der Waals surface area contributed by atoms with Crippen LogP contribution in [0.15, 0.2) is 24.3 Å². The second-order valence-electron chi connectivity index (χ2n) is 7.63. The first kappa shape index (κ1) is 15.8. The summed E-state index contributed by atoms with van der Waals surface area (Å²) in [6.45, 7) is 16.1. The van der Waals surface area contributed by atoms with E-state index in [1.54, 1.807) is 0 Å². The molecule has 0 saturated carbocycles. The summed E-state index contributed by atoms with van der Waals surface area (Å²) in [5, 5.41) is 0. The van der Waals surface area contributed by atoms with Gasteiger partial charge in [-0.15, -0.1) is 22.7 Å². The van der Waals surface area contributed by atoms with E-state index in [4.69, 9.17) is 0 Å². The van der Waals surface area contributed by atoms with E-state index in [0.29, 0.717) is 5.92 Å². The summed E-state index contributed by atoms with van der Waals surface area (Å²) in [5.41, 5.74) is 0.517. The molecule has 0 nitrogen and oxygen atoms in total. The Bertz CT molecular complexity index is 521. The minimum Gasteiger partial charge on any atom is -0.144 e. The highest BCUT2D eigenvalue weighted by molar-refractivity contribution is 7.13. The molecular weight excluding hydrogens is 280 g/mol. The summed E-state index contributed by atoms with van der Waals surface area (Å²) < 4.78 is 0. The smallest absolute Gasteiger partial charge is 0.0249 e. The highest BCUT2D eigenvalue weighted by Crippen LogP contribution is 2.39. The number of rotatable bonds is 2. The van der Waals surface area contributed by atoms with Crippen molar-refractivity contribution in [3.63, 3.8) is 0 Å². The maximum atomic E-state index is 2.33. The second kappa shape index (κ2) is 5.31. The maximum Gasteiger partial charge on any atom is 0.0249 e. The summed E-state index contributed by atoms with van der Waals surface area (Å²) in [6, 6.07) is 9.22.